The zero-order chi connectivity index (χ0) is 14.4. The summed E-state index contributed by atoms with van der Waals surface area (Å²) in [4.78, 5) is 11.3. The lowest BCUT2D eigenvalue weighted by atomic mass is 10.1. The van der Waals surface area contributed by atoms with E-state index in [1.807, 2.05) is 13.8 Å². The van der Waals surface area contributed by atoms with Gasteiger partial charge in [0.15, 0.2) is 0 Å². The molecule has 19 heavy (non-hydrogen) atoms. The molecule has 0 spiro atoms. The number of carbonyl (C=O) groups is 1. The summed E-state index contributed by atoms with van der Waals surface area (Å²) >= 11 is 0. The van der Waals surface area contributed by atoms with Gasteiger partial charge in [-0.3, -0.25) is 4.79 Å². The number of nitriles is 1. The van der Waals surface area contributed by atoms with Gasteiger partial charge in [-0.2, -0.15) is 5.26 Å². The van der Waals surface area contributed by atoms with Crippen LogP contribution in [0.2, 0.25) is 0 Å². The Kier molecular flexibility index (Phi) is 5.39. The highest BCUT2D eigenvalue weighted by molar-refractivity contribution is 5.78. The van der Waals surface area contributed by atoms with Gasteiger partial charge in [-0.1, -0.05) is 0 Å². The molecule has 1 amide bonds. The van der Waals surface area contributed by atoms with Crippen molar-refractivity contribution >= 4 is 5.91 Å². The van der Waals surface area contributed by atoms with Crippen LogP contribution in [-0.4, -0.2) is 18.5 Å². The molecule has 0 aliphatic carbocycles. The lowest BCUT2D eigenvalue weighted by Crippen LogP contribution is -2.37. The van der Waals surface area contributed by atoms with Gasteiger partial charge < -0.3 is 10.6 Å². The third kappa shape index (κ3) is 4.64. The average Bonchev–Trinajstić information content (AvgIpc) is 2.31. The Labute approximate surface area is 110 Å². The summed E-state index contributed by atoms with van der Waals surface area (Å²) in [6.45, 7) is 3.49. The van der Waals surface area contributed by atoms with Crippen LogP contribution in [-0.2, 0) is 11.3 Å². The molecule has 0 fully saturated rings. The summed E-state index contributed by atoms with van der Waals surface area (Å²) in [7, 11) is 0. The monoisotopic (exact) mass is 267 g/mol. The summed E-state index contributed by atoms with van der Waals surface area (Å²) < 4.78 is 27.0. The fourth-order valence-corrected chi connectivity index (χ4v) is 1.51. The smallest absolute Gasteiger partial charge is 0.234 e. The molecular weight excluding hydrogens is 252 g/mol. The van der Waals surface area contributed by atoms with Gasteiger partial charge in [0.2, 0.25) is 5.91 Å². The van der Waals surface area contributed by atoms with Gasteiger partial charge in [-0.05, 0) is 26.0 Å². The van der Waals surface area contributed by atoms with Crippen molar-refractivity contribution in [1.29, 1.82) is 5.26 Å². The number of halogens is 2. The van der Waals surface area contributed by atoms with Crippen molar-refractivity contribution in [3.8, 4) is 6.07 Å². The molecule has 1 rings (SSSR count). The molecule has 1 aromatic rings. The maximum absolute atomic E-state index is 13.5. The summed E-state index contributed by atoms with van der Waals surface area (Å²) in [6, 6.07) is 3.61. The zero-order valence-corrected chi connectivity index (χ0v) is 10.8. The number of nitrogens with zero attached hydrogens (tertiary/aromatic N) is 1. The molecular formula is C13H15F2N3O. The van der Waals surface area contributed by atoms with E-state index >= 15 is 0 Å². The van der Waals surface area contributed by atoms with E-state index in [0.717, 1.165) is 12.1 Å². The van der Waals surface area contributed by atoms with Crippen molar-refractivity contribution in [3.63, 3.8) is 0 Å². The number of hydrogen-bond acceptors (Lipinski definition) is 3. The zero-order valence-electron chi connectivity index (χ0n) is 10.8. The summed E-state index contributed by atoms with van der Waals surface area (Å²) in [5.41, 5.74) is -0.257. The van der Waals surface area contributed by atoms with Gasteiger partial charge in [0, 0.05) is 18.2 Å². The standard InChI is InChI=1S/C13H15F2N3O/c1-8(2)18-13(19)7-17-6-10-11(14)3-9(5-16)4-12(10)15/h3-4,8,17H,6-7H2,1-2H3,(H,18,19). The van der Waals surface area contributed by atoms with Crippen LogP contribution >= 0.6 is 0 Å². The van der Waals surface area contributed by atoms with E-state index in [-0.39, 0.29) is 36.2 Å². The predicted molar refractivity (Wildman–Crippen MR) is 66.1 cm³/mol. The number of nitrogens with one attached hydrogen (secondary N) is 2. The fraction of sp³-hybridized carbons (Fsp3) is 0.385. The van der Waals surface area contributed by atoms with E-state index in [1.54, 1.807) is 6.07 Å². The topological polar surface area (TPSA) is 64.9 Å². The second kappa shape index (κ2) is 6.81. The Morgan fingerprint density at radius 3 is 2.42 bits per heavy atom. The highest BCUT2D eigenvalue weighted by Gasteiger charge is 2.11. The van der Waals surface area contributed by atoms with Gasteiger partial charge >= 0.3 is 0 Å². The van der Waals surface area contributed by atoms with Crippen LogP contribution in [0, 0.1) is 23.0 Å². The minimum Gasteiger partial charge on any atom is -0.353 e. The molecule has 6 heteroatoms. The molecule has 0 atom stereocenters. The Balaban J connectivity index is 2.59. The average molecular weight is 267 g/mol. The first-order valence-electron chi connectivity index (χ1n) is 5.82. The van der Waals surface area contributed by atoms with Crippen molar-refractivity contribution in [3.05, 3.63) is 34.9 Å². The van der Waals surface area contributed by atoms with E-state index in [9.17, 15) is 13.6 Å². The molecule has 0 saturated carbocycles. The van der Waals surface area contributed by atoms with Crippen LogP contribution in [0.3, 0.4) is 0 Å². The second-order valence-corrected chi connectivity index (χ2v) is 4.36. The van der Waals surface area contributed by atoms with Gasteiger partial charge in [0.05, 0.1) is 18.2 Å². The number of carbonyl (C=O) groups excluding carboxylic acids is 1. The summed E-state index contributed by atoms with van der Waals surface area (Å²) in [5, 5.41) is 13.9. The first-order valence-corrected chi connectivity index (χ1v) is 5.82. The van der Waals surface area contributed by atoms with E-state index in [2.05, 4.69) is 10.6 Å². The Morgan fingerprint density at radius 2 is 1.95 bits per heavy atom. The molecule has 0 aromatic heterocycles. The lowest BCUT2D eigenvalue weighted by Gasteiger charge is -2.10. The molecule has 0 unspecified atom stereocenters. The maximum Gasteiger partial charge on any atom is 0.234 e. The van der Waals surface area contributed by atoms with Crippen molar-refractivity contribution in [2.24, 2.45) is 0 Å². The van der Waals surface area contributed by atoms with Crippen LogP contribution in [0.5, 0.6) is 0 Å². The van der Waals surface area contributed by atoms with Crippen LogP contribution in [0.4, 0.5) is 8.78 Å². The lowest BCUT2D eigenvalue weighted by molar-refractivity contribution is -0.120. The largest absolute Gasteiger partial charge is 0.353 e. The Hall–Kier alpha value is -2.00. The molecule has 0 aliphatic heterocycles. The molecule has 2 N–H and O–H groups in total. The van der Waals surface area contributed by atoms with Crippen molar-refractivity contribution in [1.82, 2.24) is 10.6 Å². The van der Waals surface area contributed by atoms with Crippen LogP contribution in [0.25, 0.3) is 0 Å². The summed E-state index contributed by atoms with van der Waals surface area (Å²) in [5.74, 6) is -1.84. The molecule has 0 aliphatic rings. The second-order valence-electron chi connectivity index (χ2n) is 4.36. The number of hydrogen-bond donors (Lipinski definition) is 2. The molecule has 102 valence electrons. The molecule has 0 radical (unpaired) electrons. The normalized spacial score (nSPS) is 10.3. The van der Waals surface area contributed by atoms with Crippen molar-refractivity contribution in [2.75, 3.05) is 6.54 Å². The van der Waals surface area contributed by atoms with Gasteiger partial charge in [0.25, 0.3) is 0 Å². The van der Waals surface area contributed by atoms with Gasteiger partial charge in [-0.25, -0.2) is 8.78 Å². The molecule has 0 bridgehead atoms. The first kappa shape index (κ1) is 15.1. The first-order chi connectivity index (χ1) is 8.93. The fourth-order valence-electron chi connectivity index (χ4n) is 1.51. The quantitative estimate of drug-likeness (QED) is 0.848. The number of rotatable bonds is 5. The SMILES string of the molecule is CC(C)NC(=O)CNCc1c(F)cc(C#N)cc1F. The van der Waals surface area contributed by atoms with Gasteiger partial charge in [0.1, 0.15) is 11.6 Å². The molecule has 0 heterocycles. The third-order valence-corrected chi connectivity index (χ3v) is 2.31. The van der Waals surface area contributed by atoms with E-state index in [1.165, 1.54) is 0 Å². The van der Waals surface area contributed by atoms with E-state index in [4.69, 9.17) is 5.26 Å². The molecule has 1 aromatic carbocycles. The van der Waals surface area contributed by atoms with Crippen LogP contribution in [0.1, 0.15) is 25.0 Å². The predicted octanol–water partition coefficient (Wildman–Crippen LogP) is 1.45. The van der Waals surface area contributed by atoms with E-state index < -0.39 is 11.6 Å². The summed E-state index contributed by atoms with van der Waals surface area (Å²) in [6.07, 6.45) is 0. The molecule has 4 nitrogen and oxygen atoms in total. The van der Waals surface area contributed by atoms with Crippen molar-refractivity contribution in [2.45, 2.75) is 26.4 Å². The van der Waals surface area contributed by atoms with Crippen LogP contribution in [0.15, 0.2) is 12.1 Å². The van der Waals surface area contributed by atoms with Crippen LogP contribution < -0.4 is 10.6 Å². The highest BCUT2D eigenvalue weighted by Crippen LogP contribution is 2.14. The van der Waals surface area contributed by atoms with Crippen molar-refractivity contribution < 1.29 is 13.6 Å². The highest BCUT2D eigenvalue weighted by atomic mass is 19.1. The maximum atomic E-state index is 13.5. The van der Waals surface area contributed by atoms with Gasteiger partial charge in [-0.15, -0.1) is 0 Å². The number of amides is 1. The minimum absolute atomic E-state index is 0.0117. The molecule has 0 saturated heterocycles. The Bertz CT molecular complexity index is 486. The number of benzene rings is 1. The minimum atomic E-state index is -0.798. The third-order valence-electron chi connectivity index (χ3n) is 2.31. The Morgan fingerprint density at radius 1 is 1.37 bits per heavy atom. The van der Waals surface area contributed by atoms with E-state index in [0.29, 0.717) is 0 Å².